The zero-order chi connectivity index (χ0) is 41.5. The number of anilines is 1. The number of aliphatic hydroxyl groups is 6. The first-order valence-corrected chi connectivity index (χ1v) is 20.5. The lowest BCUT2D eigenvalue weighted by Crippen LogP contribution is -2.61. The number of esters is 1. The molecule has 1 amide bonds. The van der Waals surface area contributed by atoms with Gasteiger partial charge in [0.05, 0.1) is 44.6 Å². The van der Waals surface area contributed by atoms with Crippen molar-refractivity contribution in [2.75, 3.05) is 38.0 Å². The van der Waals surface area contributed by atoms with Crippen LogP contribution >= 0.6 is 0 Å². The second kappa shape index (κ2) is 19.2. The fourth-order valence-corrected chi connectivity index (χ4v) is 7.57. The molecule has 5 rings (SSSR count). The highest BCUT2D eigenvalue weighted by molar-refractivity contribution is 7.88. The average molecular weight is 819 g/mol. The quantitative estimate of drug-likeness (QED) is 0.0513. The van der Waals surface area contributed by atoms with Gasteiger partial charge in [0.25, 0.3) is 0 Å². The van der Waals surface area contributed by atoms with Crippen molar-refractivity contribution >= 4 is 27.6 Å². The number of hydrogen-bond acceptors (Lipinski definition) is 13. The zero-order valence-corrected chi connectivity index (χ0v) is 32.5. The molecule has 0 bridgehead atoms. The molecule has 2 heterocycles. The molecule has 0 aromatic heterocycles. The predicted molar refractivity (Wildman–Crippen MR) is 203 cm³/mol. The molecule has 9 atom stereocenters. The van der Waals surface area contributed by atoms with E-state index in [9.17, 15) is 53.0 Å². The molecule has 0 aliphatic carbocycles. The molecule has 3 aromatic carbocycles. The summed E-state index contributed by atoms with van der Waals surface area (Å²) in [5.41, 5.74) is 1.95. The van der Waals surface area contributed by atoms with Gasteiger partial charge in [0.15, 0.2) is 12.4 Å². The summed E-state index contributed by atoms with van der Waals surface area (Å²) >= 11 is 0. The molecule has 0 saturated carbocycles. The number of aryl methyl sites for hydroxylation is 2. The number of sulfonamides is 1. The van der Waals surface area contributed by atoms with Gasteiger partial charge >= 0.3 is 5.97 Å². The van der Waals surface area contributed by atoms with Gasteiger partial charge < -0.3 is 49.7 Å². The third kappa shape index (κ3) is 11.2. The van der Waals surface area contributed by atoms with Gasteiger partial charge in [0.2, 0.25) is 15.9 Å². The maximum absolute atomic E-state index is 13.7. The molecular weight excluding hydrogens is 768 g/mol. The van der Waals surface area contributed by atoms with E-state index in [4.69, 9.17) is 9.47 Å². The van der Waals surface area contributed by atoms with Crippen molar-refractivity contribution in [1.82, 2.24) is 4.72 Å². The summed E-state index contributed by atoms with van der Waals surface area (Å²) in [6, 6.07) is 20.1. The van der Waals surface area contributed by atoms with Crippen LogP contribution in [-0.2, 0) is 46.7 Å². The largest absolute Gasteiger partial charge is 0.467 e. The number of nitrogens with zero attached hydrogens (tertiary/aromatic N) is 1. The summed E-state index contributed by atoms with van der Waals surface area (Å²) < 4.78 is 54.1. The standard InChI is InChI=1S/C40H51FN2O13S/c1-54-38(50)36-34(47)33(46)35(48)39(56-36)55-23-40(51,22-44)20-19-25-5-9-27(10-6-25)32-30(17-18-31(45)26-11-13-28(41)14-12-26)37(49)43(32)29-15-7-24(8-16-29)4-3-21-42-57(2,52)53/h5-16,30-36,39,42,44-48,51H,3-4,17-23H2,1-2H3/t30-,31+,32-,33+,34+,35-,36+,39-,40?/m1/s1. The number of methoxy groups -OCH3 is 1. The van der Waals surface area contributed by atoms with Crippen LogP contribution in [0.2, 0.25) is 0 Å². The summed E-state index contributed by atoms with van der Waals surface area (Å²) in [4.78, 5) is 27.4. The lowest BCUT2D eigenvalue weighted by molar-refractivity contribution is -0.303. The summed E-state index contributed by atoms with van der Waals surface area (Å²) in [5, 5.41) is 62.7. The minimum absolute atomic E-state index is 0.00806. The Labute approximate surface area is 330 Å². The molecule has 57 heavy (non-hydrogen) atoms. The van der Waals surface area contributed by atoms with Crippen molar-refractivity contribution in [3.8, 4) is 0 Å². The van der Waals surface area contributed by atoms with E-state index in [0.29, 0.717) is 37.1 Å². The summed E-state index contributed by atoms with van der Waals surface area (Å²) in [5.74, 6) is -2.02. The smallest absolute Gasteiger partial charge is 0.337 e. The number of amides is 1. The van der Waals surface area contributed by atoms with E-state index in [0.717, 1.165) is 30.1 Å². The van der Waals surface area contributed by atoms with Crippen molar-refractivity contribution in [3.63, 3.8) is 0 Å². The number of halogens is 1. The van der Waals surface area contributed by atoms with Crippen LogP contribution in [0.25, 0.3) is 0 Å². The normalized spacial score (nSPS) is 25.4. The highest BCUT2D eigenvalue weighted by Crippen LogP contribution is 2.46. The van der Waals surface area contributed by atoms with E-state index >= 15 is 0 Å². The Morgan fingerprint density at radius 2 is 1.60 bits per heavy atom. The van der Waals surface area contributed by atoms with Crippen LogP contribution in [0.4, 0.5) is 10.1 Å². The van der Waals surface area contributed by atoms with Crippen LogP contribution in [0.5, 0.6) is 0 Å². The Morgan fingerprint density at radius 3 is 2.21 bits per heavy atom. The number of hydrogen-bond donors (Lipinski definition) is 7. The van der Waals surface area contributed by atoms with Gasteiger partial charge in [0.1, 0.15) is 29.7 Å². The molecular formula is C40H51FN2O13S. The molecule has 312 valence electrons. The third-order valence-corrected chi connectivity index (χ3v) is 11.2. The van der Waals surface area contributed by atoms with Gasteiger partial charge in [-0.25, -0.2) is 22.3 Å². The molecule has 3 aromatic rings. The Hall–Kier alpha value is -3.88. The topological polar surface area (TPSA) is 233 Å². The second-order valence-corrected chi connectivity index (χ2v) is 16.5. The Kier molecular flexibility index (Phi) is 14.9. The van der Waals surface area contributed by atoms with Gasteiger partial charge in [-0.3, -0.25) is 4.79 Å². The van der Waals surface area contributed by atoms with Crippen LogP contribution in [-0.4, -0.2) is 120 Å². The van der Waals surface area contributed by atoms with Gasteiger partial charge in [-0.2, -0.15) is 0 Å². The number of carbonyl (C=O) groups excluding carboxylic acids is 2. The maximum atomic E-state index is 13.7. The molecule has 17 heteroatoms. The summed E-state index contributed by atoms with van der Waals surface area (Å²) in [6.45, 7) is -0.988. The van der Waals surface area contributed by atoms with Gasteiger partial charge in [0, 0.05) is 12.2 Å². The molecule has 7 N–H and O–H groups in total. The van der Waals surface area contributed by atoms with Crippen molar-refractivity contribution in [3.05, 3.63) is 101 Å². The molecule has 15 nitrogen and oxygen atoms in total. The molecule has 2 aliphatic rings. The lowest BCUT2D eigenvalue weighted by Gasteiger charge is -2.48. The van der Waals surface area contributed by atoms with E-state index < -0.39 is 83.4 Å². The molecule has 2 saturated heterocycles. The van der Waals surface area contributed by atoms with E-state index in [1.807, 2.05) is 48.5 Å². The first kappa shape index (κ1) is 44.2. The first-order valence-electron chi connectivity index (χ1n) is 18.7. The lowest BCUT2D eigenvalue weighted by atomic mass is 9.78. The minimum atomic E-state index is -3.28. The molecule has 1 unspecified atom stereocenters. The number of rotatable bonds is 19. The average Bonchev–Trinajstić information content (AvgIpc) is 3.20. The number of carbonyl (C=O) groups is 2. The minimum Gasteiger partial charge on any atom is -0.467 e. The van der Waals surface area contributed by atoms with E-state index in [1.165, 1.54) is 24.3 Å². The second-order valence-electron chi connectivity index (χ2n) is 14.7. The van der Waals surface area contributed by atoms with E-state index in [2.05, 4.69) is 9.46 Å². The maximum Gasteiger partial charge on any atom is 0.337 e. The SMILES string of the molecule is COC(=O)[C@H]1O[C@@H](OCC(O)(CO)CCc2ccc([C@@H]3[C@@H](CC[C@H](O)c4ccc(F)cc4)C(=O)N3c3ccc(CCCNS(C)(=O)=O)cc3)cc2)[C@H](O)[C@@H](O)[C@@H]1O. The number of aliphatic hydroxyl groups excluding tert-OH is 5. The predicted octanol–water partition coefficient (Wildman–Crippen LogP) is 1.18. The highest BCUT2D eigenvalue weighted by atomic mass is 32.2. The molecule has 0 spiro atoms. The molecule has 2 aliphatic heterocycles. The van der Waals surface area contributed by atoms with Crippen LogP contribution in [0, 0.1) is 11.7 Å². The van der Waals surface area contributed by atoms with E-state index in [-0.39, 0.29) is 31.2 Å². The third-order valence-electron chi connectivity index (χ3n) is 10.5. The monoisotopic (exact) mass is 818 g/mol. The number of ether oxygens (including phenoxy) is 3. The number of nitrogens with one attached hydrogen (secondary N) is 1. The van der Waals surface area contributed by atoms with Crippen LogP contribution in [0.1, 0.15) is 60.1 Å². The zero-order valence-electron chi connectivity index (χ0n) is 31.7. The first-order chi connectivity index (χ1) is 27.0. The van der Waals surface area contributed by atoms with Crippen LogP contribution in [0.3, 0.4) is 0 Å². The Bertz CT molecular complexity index is 1900. The Balaban J connectivity index is 1.26. The number of benzene rings is 3. The van der Waals surface area contributed by atoms with Crippen molar-refractivity contribution < 1.29 is 67.2 Å². The molecule has 0 radical (unpaired) electrons. The summed E-state index contributed by atoms with van der Waals surface area (Å²) in [6.07, 6.45) is -6.33. The Morgan fingerprint density at radius 1 is 0.965 bits per heavy atom. The highest BCUT2D eigenvalue weighted by Gasteiger charge is 2.49. The van der Waals surface area contributed by atoms with Crippen molar-refractivity contribution in [2.24, 2.45) is 5.92 Å². The number of β-lactam (4-membered cyclic amide) rings is 1. The summed E-state index contributed by atoms with van der Waals surface area (Å²) in [7, 11) is -2.23. The van der Waals surface area contributed by atoms with Crippen molar-refractivity contribution in [2.45, 2.75) is 87.0 Å². The van der Waals surface area contributed by atoms with Crippen LogP contribution in [0.15, 0.2) is 72.8 Å². The fourth-order valence-electron chi connectivity index (χ4n) is 7.05. The van der Waals surface area contributed by atoms with Crippen LogP contribution < -0.4 is 9.62 Å². The fraction of sp³-hybridized carbons (Fsp3) is 0.500. The van der Waals surface area contributed by atoms with Gasteiger partial charge in [-0.05, 0) is 85.0 Å². The van der Waals surface area contributed by atoms with Gasteiger partial charge in [-0.1, -0.05) is 48.5 Å². The van der Waals surface area contributed by atoms with Gasteiger partial charge in [-0.15, -0.1) is 0 Å². The van der Waals surface area contributed by atoms with E-state index in [1.54, 1.807) is 4.90 Å². The van der Waals surface area contributed by atoms with Crippen molar-refractivity contribution in [1.29, 1.82) is 0 Å². The molecule has 2 fully saturated rings.